The molecule has 0 amide bonds. The molecule has 6 heteroatoms. The summed E-state index contributed by atoms with van der Waals surface area (Å²) in [5, 5.41) is 0.248. The number of halogens is 3. The number of alkyl halides is 3. The molecule has 1 atom stereocenters. The first-order valence-corrected chi connectivity index (χ1v) is 4.96. The fourth-order valence-electron chi connectivity index (χ4n) is 0.640. The van der Waals surface area contributed by atoms with Gasteiger partial charge in [-0.05, 0) is 13.0 Å². The molecule has 0 aliphatic carbocycles. The second-order valence-electron chi connectivity index (χ2n) is 2.64. The molecule has 13 heavy (non-hydrogen) atoms. The van der Waals surface area contributed by atoms with Crippen LogP contribution in [0.5, 0.6) is 0 Å². The first-order valence-electron chi connectivity index (χ1n) is 3.92. The van der Waals surface area contributed by atoms with Crippen molar-refractivity contribution in [2.45, 2.75) is 24.8 Å². The molecule has 0 fully saturated rings. The molecule has 2 N–H and O–H groups in total. The normalized spacial score (nSPS) is 14.5. The van der Waals surface area contributed by atoms with Crippen LogP contribution in [0.3, 0.4) is 0 Å². The van der Waals surface area contributed by atoms with Gasteiger partial charge in [0.1, 0.15) is 6.61 Å². The van der Waals surface area contributed by atoms with Crippen LogP contribution in [-0.4, -0.2) is 30.5 Å². The van der Waals surface area contributed by atoms with Crippen LogP contribution >= 0.6 is 11.8 Å². The van der Waals surface area contributed by atoms with Gasteiger partial charge in [0, 0.05) is 5.25 Å². The summed E-state index contributed by atoms with van der Waals surface area (Å²) < 4.78 is 39.1. The lowest BCUT2D eigenvalue weighted by Gasteiger charge is -2.11. The summed E-state index contributed by atoms with van der Waals surface area (Å²) in [6.07, 6.45) is -3.43. The number of hydrogen-bond acceptors (Lipinski definition) is 3. The van der Waals surface area contributed by atoms with E-state index in [1.54, 1.807) is 0 Å². The summed E-state index contributed by atoms with van der Waals surface area (Å²) >= 11 is 1.34. The van der Waals surface area contributed by atoms with Gasteiger partial charge >= 0.3 is 6.18 Å². The maximum Gasteiger partial charge on any atom is 0.411 e. The Bertz CT molecular complexity index is 131. The minimum absolute atomic E-state index is 0.0701. The molecule has 2 nitrogen and oxygen atoms in total. The zero-order chi connectivity index (χ0) is 10.3. The molecule has 0 aliphatic rings. The Morgan fingerprint density at radius 1 is 1.46 bits per heavy atom. The summed E-state index contributed by atoms with van der Waals surface area (Å²) in [4.78, 5) is 0. The lowest BCUT2D eigenvalue weighted by molar-refractivity contribution is -0.168. The molecule has 0 aliphatic heterocycles. The van der Waals surface area contributed by atoms with Crippen LogP contribution in [0.15, 0.2) is 0 Å². The Hall–Kier alpha value is 0.0600. The first-order chi connectivity index (χ1) is 5.95. The van der Waals surface area contributed by atoms with E-state index >= 15 is 0 Å². The van der Waals surface area contributed by atoms with Gasteiger partial charge in [-0.1, -0.05) is 6.92 Å². The standard InChI is InChI=1S/C7H14F3NOS/c1-6(2-3-11)13-5-12-4-7(8,9)10/h6H,2-5,11H2,1H3. The Kier molecular flexibility index (Phi) is 6.53. The second-order valence-corrected chi connectivity index (χ2v) is 4.01. The average Bonchev–Trinajstić information content (AvgIpc) is 1.97. The summed E-state index contributed by atoms with van der Waals surface area (Å²) in [6.45, 7) is 1.29. The van der Waals surface area contributed by atoms with Gasteiger partial charge in [0.25, 0.3) is 0 Å². The van der Waals surface area contributed by atoms with Gasteiger partial charge in [0.15, 0.2) is 0 Å². The minimum atomic E-state index is -4.22. The third-order valence-corrected chi connectivity index (χ3v) is 2.38. The number of thioether (sulfide) groups is 1. The van der Waals surface area contributed by atoms with Crippen molar-refractivity contribution < 1.29 is 17.9 Å². The third-order valence-electron chi connectivity index (χ3n) is 1.27. The first kappa shape index (κ1) is 13.1. The number of ether oxygens (including phenoxy) is 1. The average molecular weight is 217 g/mol. The molecular weight excluding hydrogens is 203 g/mol. The summed E-state index contributed by atoms with van der Waals surface area (Å²) in [6, 6.07) is 0. The van der Waals surface area contributed by atoms with Gasteiger partial charge < -0.3 is 10.5 Å². The highest BCUT2D eigenvalue weighted by Gasteiger charge is 2.27. The number of rotatable bonds is 6. The predicted molar refractivity (Wildman–Crippen MR) is 47.6 cm³/mol. The molecule has 0 rings (SSSR count). The van der Waals surface area contributed by atoms with Gasteiger partial charge in [-0.25, -0.2) is 0 Å². The van der Waals surface area contributed by atoms with Crippen molar-refractivity contribution in [1.29, 1.82) is 0 Å². The largest absolute Gasteiger partial charge is 0.411 e. The van der Waals surface area contributed by atoms with E-state index in [9.17, 15) is 13.2 Å². The molecule has 0 aromatic heterocycles. The van der Waals surface area contributed by atoms with Gasteiger partial charge in [-0.2, -0.15) is 13.2 Å². The fourth-order valence-corrected chi connectivity index (χ4v) is 1.35. The summed E-state index contributed by atoms with van der Waals surface area (Å²) in [5.74, 6) is 0.0701. The Morgan fingerprint density at radius 3 is 2.54 bits per heavy atom. The van der Waals surface area contributed by atoms with Crippen LogP contribution in [0, 0.1) is 0 Å². The van der Waals surface area contributed by atoms with Gasteiger partial charge in [-0.3, -0.25) is 0 Å². The maximum atomic E-state index is 11.6. The van der Waals surface area contributed by atoms with Crippen molar-refractivity contribution in [3.8, 4) is 0 Å². The molecule has 0 spiro atoms. The molecule has 0 aromatic carbocycles. The van der Waals surface area contributed by atoms with Crippen molar-refractivity contribution in [3.05, 3.63) is 0 Å². The van der Waals surface area contributed by atoms with Crippen LogP contribution in [-0.2, 0) is 4.74 Å². The highest BCUT2D eigenvalue weighted by molar-refractivity contribution is 7.99. The number of nitrogens with two attached hydrogens (primary N) is 1. The van der Waals surface area contributed by atoms with Crippen molar-refractivity contribution >= 4 is 11.8 Å². The highest BCUT2D eigenvalue weighted by Crippen LogP contribution is 2.18. The van der Waals surface area contributed by atoms with E-state index in [0.29, 0.717) is 6.54 Å². The van der Waals surface area contributed by atoms with Crippen molar-refractivity contribution in [3.63, 3.8) is 0 Å². The third kappa shape index (κ3) is 9.98. The van der Waals surface area contributed by atoms with E-state index in [1.165, 1.54) is 11.8 Å². The fraction of sp³-hybridized carbons (Fsp3) is 1.00. The van der Waals surface area contributed by atoms with E-state index in [0.717, 1.165) is 6.42 Å². The zero-order valence-electron chi connectivity index (χ0n) is 7.43. The summed E-state index contributed by atoms with van der Waals surface area (Å²) in [7, 11) is 0. The molecule has 0 bridgehead atoms. The van der Waals surface area contributed by atoms with Gasteiger partial charge in [0.05, 0.1) is 5.94 Å². The second kappa shape index (κ2) is 6.50. The Labute approximate surface area is 80.0 Å². The predicted octanol–water partition coefficient (Wildman–Crippen LogP) is 1.99. The van der Waals surface area contributed by atoms with E-state index in [2.05, 4.69) is 4.74 Å². The minimum Gasteiger partial charge on any atom is -0.361 e. The SMILES string of the molecule is CC(CCN)SCOCC(F)(F)F. The van der Waals surface area contributed by atoms with Crippen LogP contribution < -0.4 is 5.73 Å². The van der Waals surface area contributed by atoms with Gasteiger partial charge in [0.2, 0.25) is 0 Å². The quantitative estimate of drug-likeness (QED) is 0.546. The van der Waals surface area contributed by atoms with Crippen LogP contribution in [0.4, 0.5) is 13.2 Å². The molecule has 0 radical (unpaired) electrons. The maximum absolute atomic E-state index is 11.6. The molecule has 0 aromatic rings. The van der Waals surface area contributed by atoms with Crippen molar-refractivity contribution in [1.82, 2.24) is 0 Å². The van der Waals surface area contributed by atoms with E-state index in [-0.39, 0.29) is 11.2 Å². The monoisotopic (exact) mass is 217 g/mol. The van der Waals surface area contributed by atoms with Crippen molar-refractivity contribution in [2.75, 3.05) is 19.1 Å². The summed E-state index contributed by atoms with van der Waals surface area (Å²) in [5.41, 5.74) is 5.27. The molecule has 0 heterocycles. The van der Waals surface area contributed by atoms with Crippen LogP contribution in [0.25, 0.3) is 0 Å². The topological polar surface area (TPSA) is 35.2 Å². The van der Waals surface area contributed by atoms with E-state index < -0.39 is 12.8 Å². The lowest BCUT2D eigenvalue weighted by atomic mass is 10.3. The Morgan fingerprint density at radius 2 is 2.08 bits per heavy atom. The highest BCUT2D eigenvalue weighted by atomic mass is 32.2. The van der Waals surface area contributed by atoms with Crippen LogP contribution in [0.1, 0.15) is 13.3 Å². The van der Waals surface area contributed by atoms with E-state index in [4.69, 9.17) is 5.73 Å². The zero-order valence-corrected chi connectivity index (χ0v) is 8.25. The van der Waals surface area contributed by atoms with Gasteiger partial charge in [-0.15, -0.1) is 11.8 Å². The molecule has 0 saturated heterocycles. The smallest absolute Gasteiger partial charge is 0.361 e. The van der Waals surface area contributed by atoms with E-state index in [1.807, 2.05) is 6.92 Å². The van der Waals surface area contributed by atoms with Crippen molar-refractivity contribution in [2.24, 2.45) is 5.73 Å². The molecule has 1 unspecified atom stereocenters. The number of hydrogen-bond donors (Lipinski definition) is 1. The lowest BCUT2D eigenvalue weighted by Crippen LogP contribution is -2.17. The molecule has 0 saturated carbocycles. The van der Waals surface area contributed by atoms with Crippen LogP contribution in [0.2, 0.25) is 0 Å². The molecular formula is C7H14F3NOS. The molecule has 80 valence electrons. The Balaban J connectivity index is 3.25.